The number of piperidine rings is 1. The highest BCUT2D eigenvalue weighted by molar-refractivity contribution is 5.48. The van der Waals surface area contributed by atoms with Gasteiger partial charge in [0.1, 0.15) is 5.65 Å². The summed E-state index contributed by atoms with van der Waals surface area (Å²) in [6, 6.07) is 4.45. The zero-order valence-electron chi connectivity index (χ0n) is 15.2. The van der Waals surface area contributed by atoms with Crippen LogP contribution in [0.4, 0.5) is 5.82 Å². The van der Waals surface area contributed by atoms with Crippen LogP contribution in [0.1, 0.15) is 24.1 Å². The van der Waals surface area contributed by atoms with Crippen LogP contribution in [0, 0.1) is 6.92 Å². The van der Waals surface area contributed by atoms with Crippen molar-refractivity contribution in [2.24, 2.45) is 7.05 Å². The Kier molecular flexibility index (Phi) is 4.46. The maximum atomic E-state index is 12.3. The zero-order chi connectivity index (χ0) is 18.1. The SMILES string of the molecule is Cc1cccn2c(CNC3CCCN(c4nccn(C)c4=O)C3)cnc12. The van der Waals surface area contributed by atoms with Gasteiger partial charge in [0, 0.05) is 51.3 Å². The molecule has 4 heterocycles. The number of aryl methyl sites for hydroxylation is 2. The Morgan fingerprint density at radius 3 is 3.08 bits per heavy atom. The van der Waals surface area contributed by atoms with E-state index in [4.69, 9.17) is 0 Å². The van der Waals surface area contributed by atoms with Crippen molar-refractivity contribution in [3.05, 3.63) is 58.5 Å². The van der Waals surface area contributed by atoms with Gasteiger partial charge in [0.05, 0.1) is 11.9 Å². The summed E-state index contributed by atoms with van der Waals surface area (Å²) in [5.74, 6) is 0.548. The summed E-state index contributed by atoms with van der Waals surface area (Å²) < 4.78 is 3.72. The van der Waals surface area contributed by atoms with E-state index in [0.717, 1.165) is 43.8 Å². The van der Waals surface area contributed by atoms with Crippen molar-refractivity contribution in [1.29, 1.82) is 0 Å². The lowest BCUT2D eigenvalue weighted by molar-refractivity contribution is 0.416. The number of aromatic nitrogens is 4. The number of fused-ring (bicyclic) bond motifs is 1. The van der Waals surface area contributed by atoms with E-state index in [1.807, 2.05) is 12.3 Å². The van der Waals surface area contributed by atoms with Crippen LogP contribution in [0.2, 0.25) is 0 Å². The highest BCUT2D eigenvalue weighted by Crippen LogP contribution is 2.16. The predicted molar refractivity (Wildman–Crippen MR) is 101 cm³/mol. The first kappa shape index (κ1) is 16.8. The van der Waals surface area contributed by atoms with E-state index in [9.17, 15) is 4.79 Å². The van der Waals surface area contributed by atoms with Gasteiger partial charge in [0.2, 0.25) is 0 Å². The van der Waals surface area contributed by atoms with E-state index in [2.05, 4.69) is 43.8 Å². The van der Waals surface area contributed by atoms with Gasteiger partial charge in [-0.1, -0.05) is 6.07 Å². The van der Waals surface area contributed by atoms with E-state index in [1.165, 1.54) is 5.56 Å². The lowest BCUT2D eigenvalue weighted by atomic mass is 10.1. The number of nitrogens with one attached hydrogen (secondary N) is 1. The van der Waals surface area contributed by atoms with Crippen LogP contribution in [-0.4, -0.2) is 38.1 Å². The summed E-state index contributed by atoms with van der Waals surface area (Å²) in [6.07, 6.45) is 9.51. The molecule has 0 radical (unpaired) electrons. The molecule has 7 heteroatoms. The van der Waals surface area contributed by atoms with E-state index >= 15 is 0 Å². The highest BCUT2D eigenvalue weighted by Gasteiger charge is 2.23. The lowest BCUT2D eigenvalue weighted by Crippen LogP contribution is -2.47. The molecule has 7 nitrogen and oxygen atoms in total. The van der Waals surface area contributed by atoms with Gasteiger partial charge in [0.15, 0.2) is 5.82 Å². The molecule has 1 aliphatic rings. The zero-order valence-corrected chi connectivity index (χ0v) is 15.2. The third kappa shape index (κ3) is 3.10. The Labute approximate surface area is 152 Å². The van der Waals surface area contributed by atoms with Crippen molar-refractivity contribution in [3.8, 4) is 0 Å². The second-order valence-corrected chi connectivity index (χ2v) is 6.97. The normalized spacial score (nSPS) is 17.8. The monoisotopic (exact) mass is 352 g/mol. The summed E-state index contributed by atoms with van der Waals surface area (Å²) >= 11 is 0. The molecule has 1 saturated heterocycles. The van der Waals surface area contributed by atoms with Crippen molar-refractivity contribution in [2.45, 2.75) is 32.4 Å². The van der Waals surface area contributed by atoms with Gasteiger partial charge in [-0.05, 0) is 31.4 Å². The summed E-state index contributed by atoms with van der Waals surface area (Å²) in [5, 5.41) is 3.63. The van der Waals surface area contributed by atoms with Crippen LogP contribution in [0.25, 0.3) is 5.65 Å². The molecular formula is C19H24N6O. The third-order valence-corrected chi connectivity index (χ3v) is 5.10. The maximum absolute atomic E-state index is 12.3. The Bertz CT molecular complexity index is 976. The molecule has 0 amide bonds. The Hall–Kier alpha value is -2.67. The quantitative estimate of drug-likeness (QED) is 0.771. The molecule has 0 bridgehead atoms. The lowest BCUT2D eigenvalue weighted by Gasteiger charge is -2.33. The van der Waals surface area contributed by atoms with Gasteiger partial charge in [-0.15, -0.1) is 0 Å². The van der Waals surface area contributed by atoms with Crippen molar-refractivity contribution in [3.63, 3.8) is 0 Å². The average Bonchev–Trinajstić information content (AvgIpc) is 3.07. The summed E-state index contributed by atoms with van der Waals surface area (Å²) in [5.41, 5.74) is 3.29. The minimum atomic E-state index is -0.0367. The molecule has 1 atom stereocenters. The fourth-order valence-corrected chi connectivity index (χ4v) is 3.62. The van der Waals surface area contributed by atoms with Gasteiger partial charge in [-0.25, -0.2) is 9.97 Å². The number of hydrogen-bond acceptors (Lipinski definition) is 5. The predicted octanol–water partition coefficient (Wildman–Crippen LogP) is 1.50. The Balaban J connectivity index is 1.46. The summed E-state index contributed by atoms with van der Waals surface area (Å²) in [4.78, 5) is 23.3. The Morgan fingerprint density at radius 1 is 1.31 bits per heavy atom. The van der Waals surface area contributed by atoms with Crippen molar-refractivity contribution >= 4 is 11.5 Å². The molecule has 3 aromatic rings. The molecule has 1 fully saturated rings. The van der Waals surface area contributed by atoms with Crippen LogP contribution in [0.5, 0.6) is 0 Å². The first-order valence-corrected chi connectivity index (χ1v) is 9.05. The number of imidazole rings is 1. The molecule has 1 N–H and O–H groups in total. The smallest absolute Gasteiger partial charge is 0.293 e. The second-order valence-electron chi connectivity index (χ2n) is 6.97. The molecule has 0 aromatic carbocycles. The van der Waals surface area contributed by atoms with Gasteiger partial charge in [0.25, 0.3) is 5.56 Å². The van der Waals surface area contributed by atoms with Gasteiger partial charge < -0.3 is 19.2 Å². The fourth-order valence-electron chi connectivity index (χ4n) is 3.62. The first-order valence-electron chi connectivity index (χ1n) is 9.05. The van der Waals surface area contributed by atoms with Gasteiger partial charge >= 0.3 is 0 Å². The van der Waals surface area contributed by atoms with Crippen LogP contribution in [0.15, 0.2) is 41.7 Å². The number of rotatable bonds is 4. The van der Waals surface area contributed by atoms with E-state index in [0.29, 0.717) is 11.9 Å². The molecule has 0 spiro atoms. The van der Waals surface area contributed by atoms with Crippen LogP contribution in [-0.2, 0) is 13.6 Å². The van der Waals surface area contributed by atoms with Crippen molar-refractivity contribution in [2.75, 3.05) is 18.0 Å². The van der Waals surface area contributed by atoms with E-state index < -0.39 is 0 Å². The molecule has 3 aromatic heterocycles. The molecule has 4 rings (SSSR count). The second kappa shape index (κ2) is 6.92. The minimum Gasteiger partial charge on any atom is -0.350 e. The van der Waals surface area contributed by atoms with E-state index in [1.54, 1.807) is 24.0 Å². The molecule has 0 aliphatic carbocycles. The highest BCUT2D eigenvalue weighted by atomic mass is 16.1. The van der Waals surface area contributed by atoms with Crippen molar-refractivity contribution < 1.29 is 0 Å². The van der Waals surface area contributed by atoms with E-state index in [-0.39, 0.29) is 5.56 Å². The fraction of sp³-hybridized carbons (Fsp3) is 0.421. The molecule has 0 saturated carbocycles. The topological polar surface area (TPSA) is 67.5 Å². The summed E-state index contributed by atoms with van der Waals surface area (Å²) in [6.45, 7) is 4.50. The molecule has 136 valence electrons. The number of pyridine rings is 1. The average molecular weight is 352 g/mol. The standard InChI is InChI=1S/C19H24N6O/c1-14-5-3-9-25-16(12-22-17(14)25)11-21-15-6-4-8-24(13-15)18-19(26)23(2)10-7-20-18/h3,5,7,9-10,12,15,21H,4,6,8,11,13H2,1-2H3. The third-order valence-electron chi connectivity index (χ3n) is 5.10. The van der Waals surface area contributed by atoms with Gasteiger partial charge in [-0.3, -0.25) is 4.79 Å². The van der Waals surface area contributed by atoms with Crippen LogP contribution >= 0.6 is 0 Å². The van der Waals surface area contributed by atoms with Crippen LogP contribution < -0.4 is 15.8 Å². The largest absolute Gasteiger partial charge is 0.350 e. The number of anilines is 1. The molecular weight excluding hydrogens is 328 g/mol. The molecule has 1 aliphatic heterocycles. The molecule has 1 unspecified atom stereocenters. The molecule has 26 heavy (non-hydrogen) atoms. The maximum Gasteiger partial charge on any atom is 0.293 e. The van der Waals surface area contributed by atoms with Crippen molar-refractivity contribution in [1.82, 2.24) is 24.3 Å². The summed E-state index contributed by atoms with van der Waals surface area (Å²) in [7, 11) is 1.76. The first-order chi connectivity index (χ1) is 12.6. The Morgan fingerprint density at radius 2 is 2.19 bits per heavy atom. The van der Waals surface area contributed by atoms with Crippen LogP contribution in [0.3, 0.4) is 0 Å². The van der Waals surface area contributed by atoms with Gasteiger partial charge in [-0.2, -0.15) is 0 Å². The number of nitrogens with zero attached hydrogens (tertiary/aromatic N) is 5. The minimum absolute atomic E-state index is 0.0367. The number of hydrogen-bond donors (Lipinski definition) is 1.